The van der Waals surface area contributed by atoms with E-state index in [9.17, 15) is 18.0 Å². The van der Waals surface area contributed by atoms with Crippen molar-refractivity contribution >= 4 is 12.1 Å². The number of alkyl halides is 3. The molecule has 0 bridgehead atoms. The van der Waals surface area contributed by atoms with Crippen LogP contribution in [0, 0.1) is 0 Å². The van der Waals surface area contributed by atoms with Gasteiger partial charge in [-0.25, -0.2) is 0 Å². The molecule has 2 aliphatic heterocycles. The van der Waals surface area contributed by atoms with E-state index >= 15 is 0 Å². The fourth-order valence-electron chi connectivity index (χ4n) is 4.59. The number of pyridine rings is 1. The molecule has 2 aliphatic rings. The summed E-state index contributed by atoms with van der Waals surface area (Å²) in [7, 11) is 1.98. The number of amides is 1. The average Bonchev–Trinajstić information content (AvgIpc) is 3.26. The normalized spacial score (nSPS) is 24.6. The predicted octanol–water partition coefficient (Wildman–Crippen LogP) is 3.05. The highest BCUT2D eigenvalue weighted by molar-refractivity contribution is 5.93. The number of likely N-dealkylation sites (tertiary alicyclic amines) is 1. The maximum atomic E-state index is 13.7. The van der Waals surface area contributed by atoms with Crippen LogP contribution in [0.25, 0.3) is 0 Å². The number of allylic oxidation sites excluding steroid dienone is 1. The van der Waals surface area contributed by atoms with Crippen LogP contribution in [0.5, 0.6) is 5.75 Å². The molecule has 3 heterocycles. The molecule has 35 heavy (non-hydrogen) atoms. The zero-order valence-corrected chi connectivity index (χ0v) is 19.3. The lowest BCUT2D eigenvalue weighted by Gasteiger charge is -2.37. The monoisotopic (exact) mass is 487 g/mol. The average molecular weight is 488 g/mol. The standard InChI is InChI=1S/C25H28F3N5O2/c1-33-13-2-4-19(33)16-35-21-6-5-18(25(26,27)28)14-20(21)24(22(29)34)9-3-10-31-23(24)32-15-17-7-11-30-12-8-17/h3,5-12,14,19,23,32H,2,4,13,15-16H2,1H3,(H2,29,34)/t19-,23?,24?/m0/s1. The highest BCUT2D eigenvalue weighted by Crippen LogP contribution is 2.42. The number of benzene rings is 1. The molecule has 4 rings (SSSR count). The smallest absolute Gasteiger partial charge is 0.416 e. The minimum absolute atomic E-state index is 0.0285. The summed E-state index contributed by atoms with van der Waals surface area (Å²) in [6.07, 6.45) is 4.15. The van der Waals surface area contributed by atoms with Gasteiger partial charge in [0.15, 0.2) is 0 Å². The number of halogens is 3. The van der Waals surface area contributed by atoms with Crippen molar-refractivity contribution < 1.29 is 22.7 Å². The largest absolute Gasteiger partial charge is 0.492 e. The number of aromatic nitrogens is 1. The summed E-state index contributed by atoms with van der Waals surface area (Å²) in [4.78, 5) is 23.5. The molecule has 0 aliphatic carbocycles. The molecular weight excluding hydrogens is 459 g/mol. The fraction of sp³-hybridized carbons (Fsp3) is 0.400. The van der Waals surface area contributed by atoms with Gasteiger partial charge in [-0.1, -0.05) is 6.08 Å². The lowest BCUT2D eigenvalue weighted by atomic mass is 9.74. The number of hydrogen-bond acceptors (Lipinski definition) is 6. The van der Waals surface area contributed by atoms with E-state index in [-0.39, 0.29) is 24.0 Å². The van der Waals surface area contributed by atoms with E-state index in [1.165, 1.54) is 24.4 Å². The lowest BCUT2D eigenvalue weighted by molar-refractivity contribution is -0.137. The first-order valence-electron chi connectivity index (χ1n) is 11.4. The van der Waals surface area contributed by atoms with Crippen LogP contribution in [0.2, 0.25) is 0 Å². The van der Waals surface area contributed by atoms with Crippen molar-refractivity contribution in [2.75, 3.05) is 20.2 Å². The number of nitrogens with zero attached hydrogens (tertiary/aromatic N) is 3. The van der Waals surface area contributed by atoms with E-state index in [4.69, 9.17) is 10.5 Å². The molecule has 0 spiro atoms. The molecule has 2 aromatic rings. The van der Waals surface area contributed by atoms with E-state index in [2.05, 4.69) is 20.2 Å². The number of likely N-dealkylation sites (N-methyl/N-ethyl adjacent to an activating group) is 1. The summed E-state index contributed by atoms with van der Waals surface area (Å²) >= 11 is 0. The van der Waals surface area contributed by atoms with Crippen LogP contribution in [0.4, 0.5) is 13.2 Å². The lowest BCUT2D eigenvalue weighted by Crippen LogP contribution is -2.55. The topological polar surface area (TPSA) is 92.8 Å². The summed E-state index contributed by atoms with van der Waals surface area (Å²) in [5.41, 5.74) is 4.21. The van der Waals surface area contributed by atoms with E-state index in [0.29, 0.717) is 6.54 Å². The Bertz CT molecular complexity index is 1110. The molecule has 3 N–H and O–H groups in total. The van der Waals surface area contributed by atoms with Crippen LogP contribution >= 0.6 is 0 Å². The summed E-state index contributed by atoms with van der Waals surface area (Å²) in [6, 6.07) is 6.89. The van der Waals surface area contributed by atoms with Gasteiger partial charge in [0.1, 0.15) is 23.9 Å². The number of carbonyl (C=O) groups excluding carboxylic acids is 1. The van der Waals surface area contributed by atoms with Gasteiger partial charge in [0.25, 0.3) is 0 Å². The van der Waals surface area contributed by atoms with E-state index < -0.39 is 29.2 Å². The molecule has 0 radical (unpaired) electrons. The zero-order valence-electron chi connectivity index (χ0n) is 19.3. The van der Waals surface area contributed by atoms with Gasteiger partial charge in [0, 0.05) is 36.8 Å². The highest BCUT2D eigenvalue weighted by atomic mass is 19.4. The van der Waals surface area contributed by atoms with Crippen LogP contribution < -0.4 is 15.8 Å². The third-order valence-electron chi connectivity index (χ3n) is 6.62. The van der Waals surface area contributed by atoms with Crippen LogP contribution in [0.3, 0.4) is 0 Å². The Morgan fingerprint density at radius 3 is 2.71 bits per heavy atom. The number of carbonyl (C=O) groups is 1. The summed E-state index contributed by atoms with van der Waals surface area (Å²) < 4.78 is 47.2. The van der Waals surface area contributed by atoms with Gasteiger partial charge >= 0.3 is 6.18 Å². The van der Waals surface area contributed by atoms with Gasteiger partial charge in [-0.05, 0) is 68.4 Å². The molecule has 2 unspecified atom stereocenters. The van der Waals surface area contributed by atoms with Crippen molar-refractivity contribution in [1.29, 1.82) is 0 Å². The molecule has 0 saturated carbocycles. The molecule has 186 valence electrons. The van der Waals surface area contributed by atoms with Gasteiger partial charge in [-0.3, -0.25) is 20.1 Å². The molecule has 1 aromatic heterocycles. The third-order valence-corrected chi connectivity index (χ3v) is 6.62. The van der Waals surface area contributed by atoms with Crippen molar-refractivity contribution in [3.05, 3.63) is 71.6 Å². The molecule has 1 fully saturated rings. The molecule has 3 atom stereocenters. The van der Waals surface area contributed by atoms with Crippen molar-refractivity contribution in [1.82, 2.24) is 15.2 Å². The van der Waals surface area contributed by atoms with Gasteiger partial charge in [0.05, 0.1) is 5.56 Å². The van der Waals surface area contributed by atoms with E-state index in [0.717, 1.165) is 37.1 Å². The maximum Gasteiger partial charge on any atom is 0.416 e. The Hall–Kier alpha value is -3.24. The minimum atomic E-state index is -4.61. The number of rotatable bonds is 8. The Kier molecular flexibility index (Phi) is 7.23. The Morgan fingerprint density at radius 1 is 1.29 bits per heavy atom. The van der Waals surface area contributed by atoms with Gasteiger partial charge < -0.3 is 15.4 Å². The van der Waals surface area contributed by atoms with E-state index in [1.807, 2.05) is 7.05 Å². The fourth-order valence-corrected chi connectivity index (χ4v) is 4.59. The van der Waals surface area contributed by atoms with Crippen molar-refractivity contribution in [3.63, 3.8) is 0 Å². The van der Waals surface area contributed by atoms with Gasteiger partial charge in [-0.15, -0.1) is 0 Å². The highest BCUT2D eigenvalue weighted by Gasteiger charge is 2.48. The molecule has 1 saturated heterocycles. The van der Waals surface area contributed by atoms with Crippen LogP contribution in [-0.2, 0) is 22.9 Å². The van der Waals surface area contributed by atoms with Crippen molar-refractivity contribution in [3.8, 4) is 5.75 Å². The number of nitrogens with two attached hydrogens (primary N) is 1. The van der Waals surface area contributed by atoms with Crippen molar-refractivity contribution in [2.45, 2.75) is 43.2 Å². The van der Waals surface area contributed by atoms with Gasteiger partial charge in [0.2, 0.25) is 5.91 Å². The first-order valence-corrected chi connectivity index (χ1v) is 11.4. The first-order chi connectivity index (χ1) is 16.7. The SMILES string of the molecule is CN1CCC[C@H]1COc1ccc(C(F)(F)F)cc1C1(C(N)=O)C=CC=NC1NCc1ccncc1. The summed E-state index contributed by atoms with van der Waals surface area (Å²) in [5.74, 6) is -0.658. The number of nitrogens with one attached hydrogen (secondary N) is 1. The number of hydrogen-bond donors (Lipinski definition) is 2. The summed E-state index contributed by atoms with van der Waals surface area (Å²) in [6.45, 7) is 1.51. The minimum Gasteiger partial charge on any atom is -0.492 e. The Morgan fingerprint density at radius 2 is 2.06 bits per heavy atom. The summed E-state index contributed by atoms with van der Waals surface area (Å²) in [5, 5.41) is 3.18. The molecule has 10 heteroatoms. The van der Waals surface area contributed by atoms with Crippen molar-refractivity contribution in [2.24, 2.45) is 10.7 Å². The first kappa shape index (κ1) is 24.9. The van der Waals surface area contributed by atoms with Crippen LogP contribution in [0.15, 0.2) is 59.9 Å². The quantitative estimate of drug-likeness (QED) is 0.597. The number of primary amides is 1. The third kappa shape index (κ3) is 5.23. The second kappa shape index (κ2) is 10.2. The maximum absolute atomic E-state index is 13.7. The molecule has 7 nitrogen and oxygen atoms in total. The van der Waals surface area contributed by atoms with E-state index in [1.54, 1.807) is 24.5 Å². The Labute approximate surface area is 201 Å². The molecular formula is C25H28F3N5O2. The number of dihydropyridines is 1. The predicted molar refractivity (Wildman–Crippen MR) is 126 cm³/mol. The van der Waals surface area contributed by atoms with Crippen LogP contribution in [-0.4, -0.2) is 54.4 Å². The second-order valence-corrected chi connectivity index (χ2v) is 8.83. The number of aliphatic imine (C=N–C) groups is 1. The van der Waals surface area contributed by atoms with Gasteiger partial charge in [-0.2, -0.15) is 13.2 Å². The number of ether oxygens (including phenoxy) is 1. The second-order valence-electron chi connectivity index (χ2n) is 8.83. The van der Waals surface area contributed by atoms with Crippen LogP contribution in [0.1, 0.15) is 29.5 Å². The molecule has 1 aromatic carbocycles. The molecule has 1 amide bonds. The zero-order chi connectivity index (χ0) is 25.1. The Balaban J connectivity index is 1.74.